The van der Waals surface area contributed by atoms with Crippen LogP contribution in [-0.4, -0.2) is 45.1 Å². The maximum Gasteiger partial charge on any atom is 0.224 e. The van der Waals surface area contributed by atoms with Crippen LogP contribution in [0.1, 0.15) is 25.0 Å². The molecule has 0 atom stereocenters. The summed E-state index contributed by atoms with van der Waals surface area (Å²) in [5.74, 6) is 0.876. The van der Waals surface area contributed by atoms with Gasteiger partial charge in [0.25, 0.3) is 0 Å². The summed E-state index contributed by atoms with van der Waals surface area (Å²) in [5, 5.41) is 3.02. The number of rotatable bonds is 7. The lowest BCUT2D eigenvalue weighted by Crippen LogP contribution is -2.40. The van der Waals surface area contributed by atoms with Crippen LogP contribution in [0, 0.1) is 12.3 Å². The van der Waals surface area contributed by atoms with Gasteiger partial charge in [-0.2, -0.15) is 0 Å². The van der Waals surface area contributed by atoms with Crippen molar-refractivity contribution in [3.05, 3.63) is 29.3 Å². The predicted octanol–water partition coefficient (Wildman–Crippen LogP) is 2.25. The lowest BCUT2D eigenvalue weighted by Gasteiger charge is -2.28. The zero-order valence-electron chi connectivity index (χ0n) is 14.1. The van der Waals surface area contributed by atoms with Crippen LogP contribution in [0.5, 0.6) is 5.75 Å². The highest BCUT2D eigenvalue weighted by Gasteiger charge is 2.19. The quantitative estimate of drug-likeness (QED) is 0.838. The van der Waals surface area contributed by atoms with E-state index >= 15 is 0 Å². The number of methoxy groups -OCH3 is 1. The third-order valence-corrected chi connectivity index (χ3v) is 3.35. The van der Waals surface area contributed by atoms with Gasteiger partial charge in [0.15, 0.2) is 0 Å². The minimum atomic E-state index is 0.0488. The van der Waals surface area contributed by atoms with Crippen LogP contribution in [0.2, 0.25) is 0 Å². The van der Waals surface area contributed by atoms with Gasteiger partial charge in [-0.25, -0.2) is 0 Å². The highest BCUT2D eigenvalue weighted by Crippen LogP contribution is 2.19. The van der Waals surface area contributed by atoms with Gasteiger partial charge in [0.2, 0.25) is 5.91 Å². The largest absolute Gasteiger partial charge is 0.496 e. The fraction of sp³-hybridized carbons (Fsp3) is 0.588. The molecular weight excluding hydrogens is 264 g/mol. The highest BCUT2D eigenvalue weighted by atomic mass is 16.5. The van der Waals surface area contributed by atoms with Crippen molar-refractivity contribution in [3.63, 3.8) is 0 Å². The number of nitrogens with zero attached hydrogens (tertiary/aromatic N) is 1. The number of hydrogen-bond donors (Lipinski definition) is 1. The molecule has 118 valence electrons. The van der Waals surface area contributed by atoms with E-state index in [2.05, 4.69) is 24.1 Å². The summed E-state index contributed by atoms with van der Waals surface area (Å²) in [4.78, 5) is 14.2. The molecule has 0 saturated heterocycles. The molecule has 0 radical (unpaired) electrons. The number of amides is 1. The van der Waals surface area contributed by atoms with E-state index in [-0.39, 0.29) is 11.3 Å². The standard InChI is InChI=1S/C17H28N2O2/c1-13-7-8-14(9-15(13)21-6)10-16(20)18-11-17(2,3)12-19(4)5/h7-9H,10-12H2,1-6H3,(H,18,20). The topological polar surface area (TPSA) is 41.6 Å². The third kappa shape index (κ3) is 6.17. The number of nitrogens with one attached hydrogen (secondary N) is 1. The monoisotopic (exact) mass is 292 g/mol. The molecule has 4 nitrogen and oxygen atoms in total. The Morgan fingerprint density at radius 1 is 1.33 bits per heavy atom. The number of ether oxygens (including phenoxy) is 1. The Labute approximate surface area is 128 Å². The summed E-state index contributed by atoms with van der Waals surface area (Å²) < 4.78 is 5.29. The van der Waals surface area contributed by atoms with E-state index in [1.807, 2.05) is 39.2 Å². The zero-order chi connectivity index (χ0) is 16.0. The molecule has 0 aliphatic heterocycles. The smallest absolute Gasteiger partial charge is 0.224 e. The Bertz CT molecular complexity index is 482. The normalized spacial score (nSPS) is 11.6. The summed E-state index contributed by atoms with van der Waals surface area (Å²) >= 11 is 0. The van der Waals surface area contributed by atoms with Crippen molar-refractivity contribution in [3.8, 4) is 5.75 Å². The molecule has 0 aromatic heterocycles. The highest BCUT2D eigenvalue weighted by molar-refractivity contribution is 5.78. The van der Waals surface area contributed by atoms with Gasteiger partial charge in [-0.3, -0.25) is 4.79 Å². The molecule has 1 aromatic rings. The Morgan fingerprint density at radius 3 is 2.57 bits per heavy atom. The second kappa shape index (κ2) is 7.46. The second-order valence-corrected chi connectivity index (χ2v) is 6.66. The molecule has 1 aromatic carbocycles. The predicted molar refractivity (Wildman–Crippen MR) is 86.8 cm³/mol. The van der Waals surface area contributed by atoms with Gasteiger partial charge < -0.3 is 15.0 Å². The van der Waals surface area contributed by atoms with Crippen molar-refractivity contribution < 1.29 is 9.53 Å². The van der Waals surface area contributed by atoms with E-state index in [1.165, 1.54) is 0 Å². The van der Waals surface area contributed by atoms with Crippen LogP contribution in [-0.2, 0) is 11.2 Å². The van der Waals surface area contributed by atoms with E-state index in [0.29, 0.717) is 13.0 Å². The van der Waals surface area contributed by atoms with Crippen LogP contribution in [0.4, 0.5) is 0 Å². The minimum Gasteiger partial charge on any atom is -0.496 e. The Balaban J connectivity index is 2.54. The number of aryl methyl sites for hydroxylation is 1. The van der Waals surface area contributed by atoms with Crippen LogP contribution in [0.25, 0.3) is 0 Å². The maximum absolute atomic E-state index is 12.1. The SMILES string of the molecule is COc1cc(CC(=O)NCC(C)(C)CN(C)C)ccc1C. The van der Waals surface area contributed by atoms with Crippen LogP contribution < -0.4 is 10.1 Å². The van der Waals surface area contributed by atoms with Crippen LogP contribution in [0.3, 0.4) is 0 Å². The zero-order valence-corrected chi connectivity index (χ0v) is 14.1. The fourth-order valence-corrected chi connectivity index (χ4v) is 2.47. The average molecular weight is 292 g/mol. The van der Waals surface area contributed by atoms with E-state index in [4.69, 9.17) is 4.74 Å². The molecule has 0 fully saturated rings. The first kappa shape index (κ1) is 17.5. The molecule has 0 bridgehead atoms. The van der Waals surface area contributed by atoms with Gasteiger partial charge in [-0.1, -0.05) is 26.0 Å². The molecule has 0 saturated carbocycles. The summed E-state index contributed by atoms with van der Waals surface area (Å²) in [6.07, 6.45) is 0.384. The molecule has 4 heteroatoms. The molecule has 0 aliphatic carbocycles. The third-order valence-electron chi connectivity index (χ3n) is 3.35. The molecule has 1 N–H and O–H groups in total. The molecule has 0 unspecified atom stereocenters. The van der Waals surface area contributed by atoms with Crippen LogP contribution in [0.15, 0.2) is 18.2 Å². The molecule has 1 amide bonds. The second-order valence-electron chi connectivity index (χ2n) is 6.66. The van der Waals surface area contributed by atoms with E-state index in [0.717, 1.165) is 23.4 Å². The first-order chi connectivity index (χ1) is 9.73. The summed E-state index contributed by atoms with van der Waals surface area (Å²) in [6.45, 7) is 7.91. The first-order valence-corrected chi connectivity index (χ1v) is 7.28. The van der Waals surface area contributed by atoms with Crippen LogP contribution >= 0.6 is 0 Å². The molecular formula is C17H28N2O2. The van der Waals surface area contributed by atoms with Crippen molar-refractivity contribution in [1.29, 1.82) is 0 Å². The Kier molecular flexibility index (Phi) is 6.21. The molecule has 21 heavy (non-hydrogen) atoms. The number of carbonyl (C=O) groups excluding carboxylic acids is 1. The van der Waals surface area contributed by atoms with Gasteiger partial charge in [0.05, 0.1) is 13.5 Å². The number of hydrogen-bond acceptors (Lipinski definition) is 3. The summed E-state index contributed by atoms with van der Waals surface area (Å²) in [6, 6.07) is 5.89. The lowest BCUT2D eigenvalue weighted by molar-refractivity contribution is -0.120. The lowest BCUT2D eigenvalue weighted by atomic mass is 9.93. The molecule has 1 rings (SSSR count). The average Bonchev–Trinajstić information content (AvgIpc) is 2.37. The van der Waals surface area contributed by atoms with E-state index in [1.54, 1.807) is 7.11 Å². The van der Waals surface area contributed by atoms with Gasteiger partial charge in [-0.15, -0.1) is 0 Å². The fourth-order valence-electron chi connectivity index (χ4n) is 2.47. The van der Waals surface area contributed by atoms with Crippen molar-refractivity contribution in [1.82, 2.24) is 10.2 Å². The van der Waals surface area contributed by atoms with Crippen molar-refractivity contribution in [2.45, 2.75) is 27.2 Å². The Morgan fingerprint density at radius 2 is 2.00 bits per heavy atom. The van der Waals surface area contributed by atoms with E-state index in [9.17, 15) is 4.79 Å². The number of benzene rings is 1. The molecule has 0 aliphatic rings. The van der Waals surface area contributed by atoms with Crippen molar-refractivity contribution in [2.24, 2.45) is 5.41 Å². The summed E-state index contributed by atoms with van der Waals surface area (Å²) in [7, 11) is 5.74. The maximum atomic E-state index is 12.1. The minimum absolute atomic E-state index is 0.0488. The van der Waals surface area contributed by atoms with Crippen molar-refractivity contribution in [2.75, 3.05) is 34.3 Å². The van der Waals surface area contributed by atoms with Crippen molar-refractivity contribution >= 4 is 5.91 Å². The number of carbonyl (C=O) groups is 1. The molecule has 0 spiro atoms. The van der Waals surface area contributed by atoms with Gasteiger partial charge >= 0.3 is 0 Å². The molecule has 0 heterocycles. The van der Waals surface area contributed by atoms with E-state index < -0.39 is 0 Å². The first-order valence-electron chi connectivity index (χ1n) is 7.28. The van der Waals surface area contributed by atoms with Gasteiger partial charge in [0, 0.05) is 13.1 Å². The summed E-state index contributed by atoms with van der Waals surface area (Å²) in [5.41, 5.74) is 2.11. The van der Waals surface area contributed by atoms with Gasteiger partial charge in [-0.05, 0) is 43.6 Å². The van der Waals surface area contributed by atoms with Gasteiger partial charge in [0.1, 0.15) is 5.75 Å². The Hall–Kier alpha value is -1.55.